The first kappa shape index (κ1) is 15.1. The lowest BCUT2D eigenvalue weighted by Gasteiger charge is -2.23. The van der Waals surface area contributed by atoms with E-state index < -0.39 is 11.6 Å². The number of nitrogens with one attached hydrogen (secondary N) is 1. The molecule has 18 heavy (non-hydrogen) atoms. The fourth-order valence-electron chi connectivity index (χ4n) is 1.50. The predicted octanol–water partition coefficient (Wildman–Crippen LogP) is 2.56. The molecule has 4 nitrogen and oxygen atoms in total. The first-order chi connectivity index (χ1) is 8.35. The monoisotopic (exact) mass is 289 g/mol. The predicted molar refractivity (Wildman–Crippen MR) is 75.9 cm³/mol. The summed E-state index contributed by atoms with van der Waals surface area (Å²) in [6, 6.07) is 4.59. The van der Waals surface area contributed by atoms with Gasteiger partial charge in [0, 0.05) is 23.0 Å². The first-order valence-corrected chi connectivity index (χ1v) is 7.11. The van der Waals surface area contributed by atoms with Crippen molar-refractivity contribution in [2.45, 2.75) is 12.5 Å². The highest BCUT2D eigenvalue weighted by atomic mass is 35.5. The highest BCUT2D eigenvalue weighted by Gasteiger charge is 2.20. The number of carboxylic acids is 1. The van der Waals surface area contributed by atoms with Crippen molar-refractivity contribution in [3.05, 3.63) is 28.8 Å². The zero-order chi connectivity index (χ0) is 13.8. The van der Waals surface area contributed by atoms with Crippen LogP contribution < -0.4 is 5.32 Å². The number of aliphatic hydroxyl groups is 1. The van der Waals surface area contributed by atoms with E-state index in [0.29, 0.717) is 16.5 Å². The Morgan fingerprint density at radius 1 is 1.56 bits per heavy atom. The molecule has 0 aliphatic heterocycles. The van der Waals surface area contributed by atoms with Gasteiger partial charge in [-0.1, -0.05) is 11.6 Å². The fourth-order valence-corrected chi connectivity index (χ4v) is 2.39. The summed E-state index contributed by atoms with van der Waals surface area (Å²) >= 11 is 7.29. The third-order valence-electron chi connectivity index (χ3n) is 2.33. The summed E-state index contributed by atoms with van der Waals surface area (Å²) in [5, 5.41) is 22.4. The lowest BCUT2D eigenvalue weighted by atomic mass is 10.1. The minimum Gasteiger partial charge on any atom is -0.478 e. The second-order valence-electron chi connectivity index (χ2n) is 4.28. The Bertz CT molecular complexity index is 437. The average Bonchev–Trinajstić information content (AvgIpc) is 2.27. The van der Waals surface area contributed by atoms with Crippen LogP contribution in [0.25, 0.3) is 0 Å². The Balaban J connectivity index is 2.82. The van der Waals surface area contributed by atoms with Gasteiger partial charge in [0.15, 0.2) is 0 Å². The first-order valence-electron chi connectivity index (χ1n) is 5.34. The summed E-state index contributed by atoms with van der Waals surface area (Å²) in [4.78, 5) is 11.1. The molecular weight excluding hydrogens is 274 g/mol. The molecular formula is C12H16ClNO3S. The van der Waals surface area contributed by atoms with Gasteiger partial charge in [-0.2, -0.15) is 11.8 Å². The Labute approximate surface area is 115 Å². The Kier molecular flexibility index (Phi) is 5.31. The highest BCUT2D eigenvalue weighted by Crippen LogP contribution is 2.22. The minimum absolute atomic E-state index is 0.0995. The topological polar surface area (TPSA) is 69.6 Å². The molecule has 6 heteroatoms. The minimum atomic E-state index is -1.05. The molecule has 0 saturated carbocycles. The molecule has 0 aliphatic carbocycles. The van der Waals surface area contributed by atoms with E-state index in [1.54, 1.807) is 19.1 Å². The molecule has 0 fully saturated rings. The zero-order valence-corrected chi connectivity index (χ0v) is 11.8. The van der Waals surface area contributed by atoms with E-state index in [0.717, 1.165) is 0 Å². The van der Waals surface area contributed by atoms with Gasteiger partial charge in [0.2, 0.25) is 0 Å². The smallest absolute Gasteiger partial charge is 0.337 e. The maximum atomic E-state index is 11.1. The standard InChI is InChI=1S/C12H16ClNO3S/c1-12(17,7-18-2)6-14-10-4-3-8(13)5-9(10)11(15)16/h3-5,14,17H,6-7H2,1-2H3,(H,15,16). The molecule has 1 rings (SSSR count). The molecule has 3 N–H and O–H groups in total. The number of thioether (sulfide) groups is 1. The summed E-state index contributed by atoms with van der Waals surface area (Å²) in [6.45, 7) is 1.97. The van der Waals surface area contributed by atoms with Crippen LogP contribution in [0.15, 0.2) is 18.2 Å². The lowest BCUT2D eigenvalue weighted by Crippen LogP contribution is -2.36. The second kappa shape index (κ2) is 6.31. The summed E-state index contributed by atoms with van der Waals surface area (Å²) in [5.41, 5.74) is -0.342. The summed E-state index contributed by atoms with van der Waals surface area (Å²) < 4.78 is 0. The number of benzene rings is 1. The highest BCUT2D eigenvalue weighted by molar-refractivity contribution is 7.98. The maximum absolute atomic E-state index is 11.1. The number of aromatic carboxylic acids is 1. The Morgan fingerprint density at radius 2 is 2.22 bits per heavy atom. The van der Waals surface area contributed by atoms with Gasteiger partial charge in [-0.15, -0.1) is 0 Å². The van der Waals surface area contributed by atoms with Crippen molar-refractivity contribution >= 4 is 35.0 Å². The second-order valence-corrected chi connectivity index (χ2v) is 5.58. The molecule has 0 radical (unpaired) electrons. The molecule has 1 aromatic carbocycles. The molecule has 0 aliphatic rings. The van der Waals surface area contributed by atoms with Gasteiger partial charge in [0.05, 0.1) is 11.2 Å². The molecule has 1 aromatic rings. The zero-order valence-electron chi connectivity index (χ0n) is 10.2. The largest absolute Gasteiger partial charge is 0.478 e. The van der Waals surface area contributed by atoms with E-state index in [2.05, 4.69) is 5.32 Å². The number of carbonyl (C=O) groups is 1. The summed E-state index contributed by atoms with van der Waals surface area (Å²) in [6.07, 6.45) is 1.90. The van der Waals surface area contributed by atoms with Crippen LogP contribution in [0.2, 0.25) is 5.02 Å². The van der Waals surface area contributed by atoms with Crippen LogP contribution in [0.1, 0.15) is 17.3 Å². The van der Waals surface area contributed by atoms with Crippen molar-refractivity contribution in [2.75, 3.05) is 23.9 Å². The maximum Gasteiger partial charge on any atom is 0.337 e. The summed E-state index contributed by atoms with van der Waals surface area (Å²) in [7, 11) is 0. The van der Waals surface area contributed by atoms with Gasteiger partial charge in [-0.3, -0.25) is 0 Å². The van der Waals surface area contributed by atoms with Crippen molar-refractivity contribution in [2.24, 2.45) is 0 Å². The van der Waals surface area contributed by atoms with Crippen LogP contribution in [0.3, 0.4) is 0 Å². The van der Waals surface area contributed by atoms with Gasteiger partial charge < -0.3 is 15.5 Å². The molecule has 100 valence electrons. The van der Waals surface area contributed by atoms with Crippen LogP contribution in [-0.2, 0) is 0 Å². The molecule has 1 atom stereocenters. The van der Waals surface area contributed by atoms with Gasteiger partial charge >= 0.3 is 5.97 Å². The molecule has 0 bridgehead atoms. The SMILES string of the molecule is CSCC(C)(O)CNc1ccc(Cl)cc1C(=O)O. The van der Waals surface area contributed by atoms with E-state index in [-0.39, 0.29) is 12.1 Å². The van der Waals surface area contributed by atoms with Crippen molar-refractivity contribution in [3.63, 3.8) is 0 Å². The van der Waals surface area contributed by atoms with Crippen LogP contribution in [0.4, 0.5) is 5.69 Å². The quantitative estimate of drug-likeness (QED) is 0.751. The summed E-state index contributed by atoms with van der Waals surface area (Å²) in [5.74, 6) is -0.486. The van der Waals surface area contributed by atoms with E-state index in [1.165, 1.54) is 17.8 Å². The van der Waals surface area contributed by atoms with Crippen molar-refractivity contribution < 1.29 is 15.0 Å². The molecule has 0 saturated heterocycles. The van der Waals surface area contributed by atoms with Crippen LogP contribution >= 0.6 is 23.4 Å². The Morgan fingerprint density at radius 3 is 2.78 bits per heavy atom. The number of halogens is 1. The lowest BCUT2D eigenvalue weighted by molar-refractivity contribution is 0.0696. The molecule has 0 heterocycles. The number of carboxylic acid groups (broad SMARTS) is 1. The Hall–Kier alpha value is -0.910. The van der Waals surface area contributed by atoms with Crippen LogP contribution in [0, 0.1) is 0 Å². The molecule has 1 unspecified atom stereocenters. The van der Waals surface area contributed by atoms with Crippen molar-refractivity contribution in [1.29, 1.82) is 0 Å². The normalized spacial score (nSPS) is 14.0. The van der Waals surface area contributed by atoms with E-state index in [1.807, 2.05) is 6.26 Å². The van der Waals surface area contributed by atoms with Crippen LogP contribution in [-0.4, -0.2) is 40.3 Å². The van der Waals surface area contributed by atoms with Gasteiger partial charge in [-0.25, -0.2) is 4.79 Å². The molecule has 0 aromatic heterocycles. The number of hydrogen-bond acceptors (Lipinski definition) is 4. The number of hydrogen-bond donors (Lipinski definition) is 3. The van der Waals surface area contributed by atoms with Gasteiger partial charge in [0.1, 0.15) is 0 Å². The third-order valence-corrected chi connectivity index (χ3v) is 3.47. The van der Waals surface area contributed by atoms with Crippen LogP contribution in [0.5, 0.6) is 0 Å². The van der Waals surface area contributed by atoms with E-state index >= 15 is 0 Å². The average molecular weight is 290 g/mol. The van der Waals surface area contributed by atoms with Crippen molar-refractivity contribution in [1.82, 2.24) is 0 Å². The fraction of sp³-hybridized carbons (Fsp3) is 0.417. The van der Waals surface area contributed by atoms with Crippen molar-refractivity contribution in [3.8, 4) is 0 Å². The van der Waals surface area contributed by atoms with Gasteiger partial charge in [-0.05, 0) is 31.4 Å². The van der Waals surface area contributed by atoms with Gasteiger partial charge in [0.25, 0.3) is 0 Å². The number of anilines is 1. The molecule has 0 spiro atoms. The third kappa shape index (κ3) is 4.40. The molecule has 0 amide bonds. The van der Waals surface area contributed by atoms with E-state index in [4.69, 9.17) is 16.7 Å². The van der Waals surface area contributed by atoms with E-state index in [9.17, 15) is 9.90 Å². The number of rotatable bonds is 6.